The van der Waals surface area contributed by atoms with Crippen LogP contribution in [0.4, 0.5) is 10.1 Å². The van der Waals surface area contributed by atoms with Crippen molar-refractivity contribution in [2.24, 2.45) is 0 Å². The van der Waals surface area contributed by atoms with E-state index in [9.17, 15) is 9.18 Å². The normalized spacial score (nSPS) is 12.1. The maximum atomic E-state index is 13.7. The van der Waals surface area contributed by atoms with E-state index < -0.39 is 11.7 Å². The van der Waals surface area contributed by atoms with Crippen molar-refractivity contribution in [1.82, 2.24) is 4.98 Å². The van der Waals surface area contributed by atoms with Gasteiger partial charge in [-0.1, -0.05) is 32.0 Å². The number of carbonyl (C=O) groups is 1. The van der Waals surface area contributed by atoms with Crippen molar-refractivity contribution in [3.8, 4) is 11.5 Å². The fourth-order valence-electron chi connectivity index (χ4n) is 3.15. The number of anilines is 1. The third-order valence-electron chi connectivity index (χ3n) is 5.10. The number of hydrogen-bond acceptors (Lipinski definition) is 3. The second-order valence-electron chi connectivity index (χ2n) is 7.07. The topological polar surface area (TPSA) is 55.1 Å². The Bertz CT molecular complexity index is 1170. The highest BCUT2D eigenvalue weighted by molar-refractivity contribution is 6.04. The van der Waals surface area contributed by atoms with Gasteiger partial charge in [0.2, 0.25) is 5.89 Å². The first kappa shape index (κ1) is 18.9. The van der Waals surface area contributed by atoms with Crippen molar-refractivity contribution in [1.29, 1.82) is 0 Å². The van der Waals surface area contributed by atoms with Crippen molar-refractivity contribution in [3.63, 3.8) is 0 Å². The molecule has 0 unspecified atom stereocenters. The molecular formula is C24H21FN2O2. The summed E-state index contributed by atoms with van der Waals surface area (Å²) in [6.07, 6.45) is 1.07. The molecule has 3 aromatic carbocycles. The number of nitrogens with one attached hydrogen (secondary N) is 1. The molecule has 0 aliphatic rings. The highest BCUT2D eigenvalue weighted by Gasteiger charge is 2.13. The molecule has 1 aromatic heterocycles. The van der Waals surface area contributed by atoms with Gasteiger partial charge in [-0.2, -0.15) is 0 Å². The van der Waals surface area contributed by atoms with E-state index in [0.717, 1.165) is 23.1 Å². The monoisotopic (exact) mass is 388 g/mol. The Balaban J connectivity index is 1.54. The highest BCUT2D eigenvalue weighted by atomic mass is 19.1. The summed E-state index contributed by atoms with van der Waals surface area (Å²) in [5.41, 5.74) is 4.18. The summed E-state index contributed by atoms with van der Waals surface area (Å²) in [7, 11) is 0. The Morgan fingerprint density at radius 3 is 2.59 bits per heavy atom. The van der Waals surface area contributed by atoms with E-state index in [0.29, 0.717) is 17.5 Å². The predicted molar refractivity (Wildman–Crippen MR) is 113 cm³/mol. The van der Waals surface area contributed by atoms with Gasteiger partial charge in [-0.15, -0.1) is 0 Å². The minimum atomic E-state index is -0.551. The standard InChI is InChI=1S/C24H21FN2O2/c1-3-15(2)17-10-13-22-21(14-17)27-24(29-22)16-8-11-18(12-9-16)26-23(28)19-6-4-5-7-20(19)25/h4-15H,3H2,1-2H3,(H,26,28)/t15-/m0/s1. The summed E-state index contributed by atoms with van der Waals surface area (Å²) in [5.74, 6) is -0.0506. The molecule has 0 saturated heterocycles. The third kappa shape index (κ3) is 3.90. The number of hydrogen-bond donors (Lipinski definition) is 1. The average Bonchev–Trinajstić information content (AvgIpc) is 3.17. The molecule has 0 fully saturated rings. The van der Waals surface area contributed by atoms with Crippen LogP contribution in [0.2, 0.25) is 0 Å². The molecule has 4 aromatic rings. The molecule has 1 atom stereocenters. The number of fused-ring (bicyclic) bond motifs is 1. The molecule has 1 N–H and O–H groups in total. The molecule has 4 rings (SSSR count). The summed E-state index contributed by atoms with van der Waals surface area (Å²) in [6.45, 7) is 4.35. The smallest absolute Gasteiger partial charge is 0.258 e. The lowest BCUT2D eigenvalue weighted by molar-refractivity contribution is 0.102. The Labute approximate surface area is 168 Å². The van der Waals surface area contributed by atoms with Gasteiger partial charge in [0.05, 0.1) is 5.56 Å². The van der Waals surface area contributed by atoms with Crippen molar-refractivity contribution < 1.29 is 13.6 Å². The maximum absolute atomic E-state index is 13.7. The van der Waals surface area contributed by atoms with Crippen LogP contribution in [0.3, 0.4) is 0 Å². The van der Waals surface area contributed by atoms with Crippen LogP contribution in [0, 0.1) is 5.82 Å². The van der Waals surface area contributed by atoms with E-state index in [4.69, 9.17) is 4.42 Å². The lowest BCUT2D eigenvalue weighted by atomic mass is 9.98. The number of benzene rings is 3. The molecule has 0 aliphatic heterocycles. The van der Waals surface area contributed by atoms with Crippen molar-refractivity contribution in [2.45, 2.75) is 26.2 Å². The largest absolute Gasteiger partial charge is 0.436 e. The van der Waals surface area contributed by atoms with Gasteiger partial charge in [-0.25, -0.2) is 9.37 Å². The van der Waals surface area contributed by atoms with Crippen molar-refractivity contribution in [3.05, 3.63) is 83.7 Å². The van der Waals surface area contributed by atoms with Crippen LogP contribution in [-0.4, -0.2) is 10.9 Å². The second kappa shape index (κ2) is 7.87. The molecule has 29 heavy (non-hydrogen) atoms. The lowest BCUT2D eigenvalue weighted by Crippen LogP contribution is -2.13. The van der Waals surface area contributed by atoms with E-state index in [1.165, 1.54) is 17.7 Å². The van der Waals surface area contributed by atoms with Gasteiger partial charge in [0.15, 0.2) is 5.58 Å². The Morgan fingerprint density at radius 1 is 1.10 bits per heavy atom. The summed E-state index contributed by atoms with van der Waals surface area (Å²) in [5, 5.41) is 2.70. The van der Waals surface area contributed by atoms with Gasteiger partial charge in [0.25, 0.3) is 5.91 Å². The number of rotatable bonds is 5. The zero-order valence-corrected chi connectivity index (χ0v) is 16.3. The van der Waals surface area contributed by atoms with E-state index in [-0.39, 0.29) is 5.56 Å². The molecule has 0 radical (unpaired) electrons. The van der Waals surface area contributed by atoms with E-state index in [1.807, 2.05) is 18.2 Å². The number of amides is 1. The maximum Gasteiger partial charge on any atom is 0.258 e. The SMILES string of the molecule is CC[C@H](C)c1ccc2oc(-c3ccc(NC(=O)c4ccccc4F)cc3)nc2c1. The molecule has 0 bridgehead atoms. The van der Waals surface area contributed by atoms with Crippen LogP contribution in [0.5, 0.6) is 0 Å². The highest BCUT2D eigenvalue weighted by Crippen LogP contribution is 2.28. The minimum absolute atomic E-state index is 0.00707. The van der Waals surface area contributed by atoms with E-state index in [2.05, 4.69) is 36.3 Å². The second-order valence-corrected chi connectivity index (χ2v) is 7.07. The van der Waals surface area contributed by atoms with Gasteiger partial charge >= 0.3 is 0 Å². The molecule has 0 aliphatic carbocycles. The molecule has 5 heteroatoms. The number of oxazole rings is 1. The third-order valence-corrected chi connectivity index (χ3v) is 5.10. The van der Waals surface area contributed by atoms with Crippen LogP contribution in [0.15, 0.2) is 71.1 Å². The van der Waals surface area contributed by atoms with E-state index in [1.54, 1.807) is 24.3 Å². The van der Waals surface area contributed by atoms with Gasteiger partial charge in [0.1, 0.15) is 11.3 Å². The molecular weight excluding hydrogens is 367 g/mol. The molecule has 1 heterocycles. The first-order chi connectivity index (χ1) is 14.0. The van der Waals surface area contributed by atoms with Crippen LogP contribution >= 0.6 is 0 Å². The van der Waals surface area contributed by atoms with Crippen molar-refractivity contribution in [2.75, 3.05) is 5.32 Å². The number of aromatic nitrogens is 1. The average molecular weight is 388 g/mol. The molecule has 4 nitrogen and oxygen atoms in total. The Morgan fingerprint density at radius 2 is 1.86 bits per heavy atom. The lowest BCUT2D eigenvalue weighted by Gasteiger charge is -2.07. The summed E-state index contributed by atoms with van der Waals surface area (Å²) < 4.78 is 19.6. The van der Waals surface area contributed by atoms with Crippen LogP contribution in [0.1, 0.15) is 42.1 Å². The number of carbonyl (C=O) groups excluding carboxylic acids is 1. The number of halogens is 1. The quantitative estimate of drug-likeness (QED) is 0.430. The first-order valence-corrected chi connectivity index (χ1v) is 9.62. The van der Waals surface area contributed by atoms with Gasteiger partial charge in [0, 0.05) is 11.3 Å². The zero-order valence-electron chi connectivity index (χ0n) is 16.3. The van der Waals surface area contributed by atoms with Crippen molar-refractivity contribution >= 4 is 22.7 Å². The Hall–Kier alpha value is -3.47. The molecule has 146 valence electrons. The first-order valence-electron chi connectivity index (χ1n) is 9.62. The van der Waals surface area contributed by atoms with Crippen LogP contribution < -0.4 is 5.32 Å². The zero-order chi connectivity index (χ0) is 20.4. The molecule has 0 saturated carbocycles. The predicted octanol–water partition coefficient (Wildman–Crippen LogP) is 6.40. The number of nitrogens with zero attached hydrogens (tertiary/aromatic N) is 1. The summed E-state index contributed by atoms with van der Waals surface area (Å²) >= 11 is 0. The fraction of sp³-hybridized carbons (Fsp3) is 0.167. The van der Waals surface area contributed by atoms with Gasteiger partial charge in [-0.3, -0.25) is 4.79 Å². The Kier molecular flexibility index (Phi) is 5.12. The van der Waals surface area contributed by atoms with Crippen LogP contribution in [0.25, 0.3) is 22.6 Å². The molecule has 1 amide bonds. The minimum Gasteiger partial charge on any atom is -0.436 e. The summed E-state index contributed by atoms with van der Waals surface area (Å²) in [6, 6.07) is 19.1. The molecule has 0 spiro atoms. The van der Waals surface area contributed by atoms with Crippen LogP contribution in [-0.2, 0) is 0 Å². The fourth-order valence-corrected chi connectivity index (χ4v) is 3.15. The van der Waals surface area contributed by atoms with E-state index >= 15 is 0 Å². The summed E-state index contributed by atoms with van der Waals surface area (Å²) in [4.78, 5) is 16.8. The van der Waals surface area contributed by atoms with Gasteiger partial charge < -0.3 is 9.73 Å². The van der Waals surface area contributed by atoms with Gasteiger partial charge in [-0.05, 0) is 66.4 Å².